The van der Waals surface area contributed by atoms with Crippen LogP contribution >= 0.6 is 0 Å². The van der Waals surface area contributed by atoms with E-state index in [9.17, 15) is 4.79 Å². The lowest BCUT2D eigenvalue weighted by atomic mass is 10.1. The van der Waals surface area contributed by atoms with Crippen molar-refractivity contribution in [1.29, 1.82) is 0 Å². The van der Waals surface area contributed by atoms with Gasteiger partial charge in [0.2, 0.25) is 5.91 Å². The first kappa shape index (κ1) is 9.85. The number of amides is 1. The van der Waals surface area contributed by atoms with Crippen LogP contribution in [0.25, 0.3) is 0 Å². The van der Waals surface area contributed by atoms with E-state index in [1.54, 1.807) is 0 Å². The van der Waals surface area contributed by atoms with E-state index in [1.807, 2.05) is 35.2 Å². The van der Waals surface area contributed by atoms with Gasteiger partial charge in [-0.15, -0.1) is 0 Å². The largest absolute Gasteiger partial charge is 0.328 e. The first-order chi connectivity index (χ1) is 7.84. The van der Waals surface area contributed by atoms with E-state index in [-0.39, 0.29) is 11.9 Å². The summed E-state index contributed by atoms with van der Waals surface area (Å²) in [6.45, 7) is 1.64. The molecule has 2 aliphatic rings. The Morgan fingerprint density at radius 3 is 2.69 bits per heavy atom. The van der Waals surface area contributed by atoms with Gasteiger partial charge in [0.05, 0.1) is 6.67 Å². The van der Waals surface area contributed by atoms with Crippen LogP contribution in [0.15, 0.2) is 30.3 Å². The summed E-state index contributed by atoms with van der Waals surface area (Å²) in [6, 6.07) is 9.83. The maximum Gasteiger partial charge on any atom is 0.245 e. The van der Waals surface area contributed by atoms with Crippen LogP contribution in [0.3, 0.4) is 0 Å². The maximum absolute atomic E-state index is 12.1. The second-order valence-corrected chi connectivity index (χ2v) is 4.71. The smallest absolute Gasteiger partial charge is 0.245 e. The first-order valence-corrected chi connectivity index (χ1v) is 5.92. The van der Waals surface area contributed by atoms with Crippen LogP contribution in [-0.2, 0) is 4.79 Å². The summed E-state index contributed by atoms with van der Waals surface area (Å²) >= 11 is 0. The summed E-state index contributed by atoms with van der Waals surface area (Å²) < 4.78 is 0. The van der Waals surface area contributed by atoms with Gasteiger partial charge >= 0.3 is 0 Å². The molecule has 1 unspecified atom stereocenters. The Morgan fingerprint density at radius 1 is 1.25 bits per heavy atom. The molecule has 84 valence electrons. The van der Waals surface area contributed by atoms with Gasteiger partial charge in [0.15, 0.2) is 0 Å². The molecule has 3 rings (SSSR count). The van der Waals surface area contributed by atoms with Gasteiger partial charge in [0, 0.05) is 6.54 Å². The molecule has 1 aliphatic carbocycles. The Hall–Kier alpha value is -1.35. The third-order valence-electron chi connectivity index (χ3n) is 3.35. The maximum atomic E-state index is 12.1. The van der Waals surface area contributed by atoms with E-state index in [1.165, 1.54) is 12.8 Å². The van der Waals surface area contributed by atoms with Gasteiger partial charge in [-0.3, -0.25) is 10.1 Å². The molecule has 1 amide bonds. The van der Waals surface area contributed by atoms with Gasteiger partial charge < -0.3 is 4.90 Å². The molecule has 1 atom stereocenters. The van der Waals surface area contributed by atoms with E-state index < -0.39 is 0 Å². The Kier molecular flexibility index (Phi) is 2.40. The van der Waals surface area contributed by atoms with Gasteiger partial charge in [-0.25, -0.2) is 0 Å². The number of nitrogens with one attached hydrogen (secondary N) is 1. The Balaban J connectivity index is 1.71. The van der Waals surface area contributed by atoms with Crippen molar-refractivity contribution in [3.8, 4) is 0 Å². The van der Waals surface area contributed by atoms with Crippen molar-refractivity contribution in [2.45, 2.75) is 18.9 Å². The highest BCUT2D eigenvalue weighted by molar-refractivity contribution is 5.85. The Morgan fingerprint density at radius 2 is 2.00 bits per heavy atom. The third kappa shape index (κ3) is 1.83. The number of nitrogens with zero attached hydrogens (tertiary/aromatic N) is 1. The van der Waals surface area contributed by atoms with Crippen molar-refractivity contribution < 1.29 is 4.79 Å². The molecule has 1 aromatic carbocycles. The fourth-order valence-electron chi connectivity index (χ4n) is 2.22. The summed E-state index contributed by atoms with van der Waals surface area (Å²) in [4.78, 5) is 14.1. The van der Waals surface area contributed by atoms with E-state index >= 15 is 0 Å². The molecule has 1 N–H and O–H groups in total. The van der Waals surface area contributed by atoms with Crippen LogP contribution < -0.4 is 5.32 Å². The highest BCUT2D eigenvalue weighted by Gasteiger charge is 2.35. The number of hydrogen-bond acceptors (Lipinski definition) is 2. The molecule has 3 heteroatoms. The predicted molar refractivity (Wildman–Crippen MR) is 61.6 cm³/mol. The van der Waals surface area contributed by atoms with Crippen molar-refractivity contribution in [3.63, 3.8) is 0 Å². The molecule has 1 saturated heterocycles. The van der Waals surface area contributed by atoms with Gasteiger partial charge in [0.1, 0.15) is 6.04 Å². The molecule has 1 heterocycles. The highest BCUT2D eigenvalue weighted by Crippen LogP contribution is 2.31. The minimum absolute atomic E-state index is 0.125. The fourth-order valence-corrected chi connectivity index (χ4v) is 2.22. The standard InChI is InChI=1S/C13H16N2O/c16-13-12(11-4-2-1-3-5-11)14-9-15(13)8-10-6-7-10/h1-5,10,12,14H,6-9H2. The molecule has 16 heavy (non-hydrogen) atoms. The molecule has 1 saturated carbocycles. The average molecular weight is 216 g/mol. The van der Waals surface area contributed by atoms with E-state index in [0.29, 0.717) is 6.67 Å². The molecule has 0 bridgehead atoms. The second-order valence-electron chi connectivity index (χ2n) is 4.71. The van der Waals surface area contributed by atoms with Crippen molar-refractivity contribution in [2.75, 3.05) is 13.2 Å². The first-order valence-electron chi connectivity index (χ1n) is 5.92. The van der Waals surface area contributed by atoms with Crippen LogP contribution in [0, 0.1) is 5.92 Å². The topological polar surface area (TPSA) is 32.3 Å². The highest BCUT2D eigenvalue weighted by atomic mass is 16.2. The Bertz CT molecular complexity index is 386. The average Bonchev–Trinajstić information content (AvgIpc) is 3.06. The van der Waals surface area contributed by atoms with Crippen LogP contribution in [-0.4, -0.2) is 24.0 Å². The molecular weight excluding hydrogens is 200 g/mol. The van der Waals surface area contributed by atoms with Gasteiger partial charge in [-0.2, -0.15) is 0 Å². The van der Waals surface area contributed by atoms with Gasteiger partial charge in [-0.05, 0) is 24.3 Å². The lowest BCUT2D eigenvalue weighted by Crippen LogP contribution is -2.28. The van der Waals surface area contributed by atoms with Crippen molar-refractivity contribution in [1.82, 2.24) is 10.2 Å². The van der Waals surface area contributed by atoms with Gasteiger partial charge in [-0.1, -0.05) is 30.3 Å². The van der Waals surface area contributed by atoms with Crippen LogP contribution in [0.5, 0.6) is 0 Å². The van der Waals surface area contributed by atoms with Crippen LogP contribution in [0.4, 0.5) is 0 Å². The molecule has 0 aromatic heterocycles. The summed E-state index contributed by atoms with van der Waals surface area (Å²) in [6.07, 6.45) is 2.58. The molecule has 0 spiro atoms. The molecule has 1 aromatic rings. The molecule has 1 aliphatic heterocycles. The zero-order valence-corrected chi connectivity index (χ0v) is 9.23. The monoisotopic (exact) mass is 216 g/mol. The fraction of sp³-hybridized carbons (Fsp3) is 0.462. The summed E-state index contributed by atoms with van der Waals surface area (Å²) in [5, 5.41) is 3.28. The van der Waals surface area contributed by atoms with Gasteiger partial charge in [0.25, 0.3) is 0 Å². The van der Waals surface area contributed by atoms with E-state index in [0.717, 1.165) is 18.0 Å². The minimum Gasteiger partial charge on any atom is -0.328 e. The van der Waals surface area contributed by atoms with E-state index in [4.69, 9.17) is 0 Å². The minimum atomic E-state index is -0.125. The molecule has 3 nitrogen and oxygen atoms in total. The quantitative estimate of drug-likeness (QED) is 0.831. The number of hydrogen-bond donors (Lipinski definition) is 1. The van der Waals surface area contributed by atoms with Crippen molar-refractivity contribution in [3.05, 3.63) is 35.9 Å². The van der Waals surface area contributed by atoms with Crippen LogP contribution in [0.1, 0.15) is 24.4 Å². The normalized spacial score (nSPS) is 25.1. The number of carbonyl (C=O) groups excluding carboxylic acids is 1. The van der Waals surface area contributed by atoms with Crippen molar-refractivity contribution >= 4 is 5.91 Å². The number of rotatable bonds is 3. The number of carbonyl (C=O) groups is 1. The summed E-state index contributed by atoms with van der Waals surface area (Å²) in [5.74, 6) is 0.998. The zero-order chi connectivity index (χ0) is 11.0. The third-order valence-corrected chi connectivity index (χ3v) is 3.35. The predicted octanol–water partition coefficient (Wildman–Crippen LogP) is 1.53. The zero-order valence-electron chi connectivity index (χ0n) is 9.23. The molecular formula is C13H16N2O. The second kappa shape index (κ2) is 3.91. The number of benzene rings is 1. The van der Waals surface area contributed by atoms with Crippen LogP contribution in [0.2, 0.25) is 0 Å². The lowest BCUT2D eigenvalue weighted by molar-refractivity contribution is -0.129. The molecule has 0 radical (unpaired) electrons. The Labute approximate surface area is 95.4 Å². The summed E-state index contributed by atoms with van der Waals surface area (Å²) in [7, 11) is 0. The molecule has 2 fully saturated rings. The lowest BCUT2D eigenvalue weighted by Gasteiger charge is -2.14. The van der Waals surface area contributed by atoms with Crippen molar-refractivity contribution in [2.24, 2.45) is 5.92 Å². The van der Waals surface area contributed by atoms with E-state index in [2.05, 4.69) is 5.32 Å². The summed E-state index contributed by atoms with van der Waals surface area (Å²) in [5.41, 5.74) is 1.07. The SMILES string of the molecule is O=C1C(c2ccccc2)NCN1CC1CC1.